The summed E-state index contributed by atoms with van der Waals surface area (Å²) in [5, 5.41) is 13.7. The van der Waals surface area contributed by atoms with Gasteiger partial charge >= 0.3 is 6.18 Å². The van der Waals surface area contributed by atoms with E-state index in [0.29, 0.717) is 0 Å². The summed E-state index contributed by atoms with van der Waals surface area (Å²) in [6.07, 6.45) is -7.14. The standard InChI is InChI=1S/C10H19F3N2O2/c1-6(8(17)15-9(2,3)4)14-5-7(16)10(11,12)13/h6-7,14,16H,5H2,1-4H3,(H,15,17). The van der Waals surface area contributed by atoms with E-state index in [2.05, 4.69) is 10.6 Å². The Morgan fingerprint density at radius 1 is 1.29 bits per heavy atom. The Labute approximate surface area is 98.6 Å². The van der Waals surface area contributed by atoms with Gasteiger partial charge in [-0.2, -0.15) is 13.2 Å². The number of hydrogen-bond donors (Lipinski definition) is 3. The van der Waals surface area contributed by atoms with E-state index in [-0.39, 0.29) is 0 Å². The molecule has 7 heteroatoms. The van der Waals surface area contributed by atoms with Crippen LogP contribution in [0.15, 0.2) is 0 Å². The van der Waals surface area contributed by atoms with Crippen molar-refractivity contribution >= 4 is 5.91 Å². The van der Waals surface area contributed by atoms with E-state index in [4.69, 9.17) is 5.11 Å². The summed E-state index contributed by atoms with van der Waals surface area (Å²) in [5.41, 5.74) is -0.449. The van der Waals surface area contributed by atoms with E-state index in [9.17, 15) is 18.0 Å². The number of aliphatic hydroxyl groups excluding tert-OH is 1. The van der Waals surface area contributed by atoms with Gasteiger partial charge in [0.05, 0.1) is 6.04 Å². The molecule has 0 rings (SSSR count). The van der Waals surface area contributed by atoms with Gasteiger partial charge in [0.2, 0.25) is 5.91 Å². The van der Waals surface area contributed by atoms with Gasteiger partial charge in [-0.1, -0.05) is 0 Å². The van der Waals surface area contributed by atoms with Crippen molar-refractivity contribution in [3.63, 3.8) is 0 Å². The summed E-state index contributed by atoms with van der Waals surface area (Å²) in [5.74, 6) is -0.410. The smallest absolute Gasteiger partial charge is 0.382 e. The van der Waals surface area contributed by atoms with Crippen LogP contribution in [0, 0.1) is 0 Å². The second-order valence-corrected chi connectivity index (χ2v) is 4.93. The Bertz CT molecular complexity index is 261. The van der Waals surface area contributed by atoms with Gasteiger partial charge < -0.3 is 15.7 Å². The Morgan fingerprint density at radius 3 is 2.12 bits per heavy atom. The van der Waals surface area contributed by atoms with Crippen LogP contribution in [0.5, 0.6) is 0 Å². The predicted molar refractivity (Wildman–Crippen MR) is 57.4 cm³/mol. The van der Waals surface area contributed by atoms with Crippen molar-refractivity contribution in [3.8, 4) is 0 Å². The van der Waals surface area contributed by atoms with E-state index in [1.807, 2.05) is 0 Å². The van der Waals surface area contributed by atoms with Crippen LogP contribution in [0.2, 0.25) is 0 Å². The third-order valence-corrected chi connectivity index (χ3v) is 1.89. The number of alkyl halides is 3. The maximum Gasteiger partial charge on any atom is 0.415 e. The molecular weight excluding hydrogens is 237 g/mol. The Morgan fingerprint density at radius 2 is 1.76 bits per heavy atom. The molecule has 0 saturated carbocycles. The molecule has 0 aromatic rings. The molecule has 0 aromatic carbocycles. The molecule has 0 spiro atoms. The SMILES string of the molecule is CC(NCC(O)C(F)(F)F)C(=O)NC(C)(C)C. The van der Waals surface area contributed by atoms with Crippen molar-refractivity contribution < 1.29 is 23.1 Å². The van der Waals surface area contributed by atoms with Gasteiger partial charge in [-0.15, -0.1) is 0 Å². The first-order valence-corrected chi connectivity index (χ1v) is 5.23. The molecule has 17 heavy (non-hydrogen) atoms. The molecule has 2 atom stereocenters. The van der Waals surface area contributed by atoms with E-state index < -0.39 is 36.3 Å². The van der Waals surface area contributed by atoms with Crippen molar-refractivity contribution in [2.24, 2.45) is 0 Å². The van der Waals surface area contributed by atoms with Crippen molar-refractivity contribution in [3.05, 3.63) is 0 Å². The maximum absolute atomic E-state index is 12.0. The van der Waals surface area contributed by atoms with E-state index in [1.54, 1.807) is 20.8 Å². The minimum atomic E-state index is -4.67. The lowest BCUT2D eigenvalue weighted by molar-refractivity contribution is -0.202. The predicted octanol–water partition coefficient (Wildman–Crippen LogP) is 0.802. The summed E-state index contributed by atoms with van der Waals surface area (Å²) in [4.78, 5) is 11.5. The van der Waals surface area contributed by atoms with Gasteiger partial charge in [-0.05, 0) is 27.7 Å². The van der Waals surface area contributed by atoms with E-state index in [0.717, 1.165) is 0 Å². The molecule has 0 aliphatic rings. The molecule has 4 nitrogen and oxygen atoms in total. The van der Waals surface area contributed by atoms with Gasteiger partial charge in [-0.3, -0.25) is 4.79 Å². The highest BCUT2D eigenvalue weighted by molar-refractivity contribution is 5.81. The molecule has 0 saturated heterocycles. The quantitative estimate of drug-likeness (QED) is 0.697. The third kappa shape index (κ3) is 7.17. The topological polar surface area (TPSA) is 61.4 Å². The maximum atomic E-state index is 12.0. The zero-order valence-electron chi connectivity index (χ0n) is 10.4. The lowest BCUT2D eigenvalue weighted by Crippen LogP contribution is -2.51. The normalized spacial score (nSPS) is 16.5. The van der Waals surface area contributed by atoms with Gasteiger partial charge in [0, 0.05) is 12.1 Å². The fourth-order valence-electron chi connectivity index (χ4n) is 0.975. The second-order valence-electron chi connectivity index (χ2n) is 4.93. The minimum absolute atomic E-state index is 0.410. The summed E-state index contributed by atoms with van der Waals surface area (Å²) in [7, 11) is 0. The van der Waals surface area contributed by atoms with Gasteiger partial charge in [0.15, 0.2) is 6.10 Å². The van der Waals surface area contributed by atoms with E-state index in [1.165, 1.54) is 6.92 Å². The average molecular weight is 256 g/mol. The fraction of sp³-hybridized carbons (Fsp3) is 0.900. The monoisotopic (exact) mass is 256 g/mol. The number of hydrogen-bond acceptors (Lipinski definition) is 3. The number of carbonyl (C=O) groups is 1. The van der Waals surface area contributed by atoms with Crippen LogP contribution in [0.4, 0.5) is 13.2 Å². The highest BCUT2D eigenvalue weighted by Gasteiger charge is 2.38. The fourth-order valence-corrected chi connectivity index (χ4v) is 0.975. The lowest BCUT2D eigenvalue weighted by Gasteiger charge is -2.24. The number of carbonyl (C=O) groups excluding carboxylic acids is 1. The average Bonchev–Trinajstić information content (AvgIpc) is 2.08. The van der Waals surface area contributed by atoms with Crippen molar-refractivity contribution in [2.45, 2.75) is 51.6 Å². The molecule has 1 amide bonds. The number of nitrogens with one attached hydrogen (secondary N) is 2. The molecule has 0 heterocycles. The van der Waals surface area contributed by atoms with Crippen LogP contribution in [0.25, 0.3) is 0 Å². The molecule has 0 fully saturated rings. The molecular formula is C10H19F3N2O2. The summed E-state index contributed by atoms with van der Waals surface area (Å²) >= 11 is 0. The van der Waals surface area contributed by atoms with Crippen molar-refractivity contribution in [1.82, 2.24) is 10.6 Å². The molecule has 102 valence electrons. The number of amides is 1. The van der Waals surface area contributed by atoms with Crippen LogP contribution in [0.1, 0.15) is 27.7 Å². The first-order chi connectivity index (χ1) is 7.43. The van der Waals surface area contributed by atoms with Crippen LogP contribution >= 0.6 is 0 Å². The van der Waals surface area contributed by atoms with E-state index >= 15 is 0 Å². The van der Waals surface area contributed by atoms with Crippen LogP contribution < -0.4 is 10.6 Å². The Hall–Kier alpha value is -0.820. The summed E-state index contributed by atoms with van der Waals surface area (Å²) in [6, 6.07) is -0.800. The molecule has 3 N–H and O–H groups in total. The Kier molecular flexibility index (Phi) is 5.41. The lowest BCUT2D eigenvalue weighted by atomic mass is 10.1. The van der Waals surface area contributed by atoms with Crippen molar-refractivity contribution in [2.75, 3.05) is 6.54 Å². The van der Waals surface area contributed by atoms with Gasteiger partial charge in [-0.25, -0.2) is 0 Å². The van der Waals surface area contributed by atoms with Crippen LogP contribution in [0.3, 0.4) is 0 Å². The molecule has 0 radical (unpaired) electrons. The minimum Gasteiger partial charge on any atom is -0.382 e. The summed E-state index contributed by atoms with van der Waals surface area (Å²) in [6.45, 7) is 6.03. The number of rotatable bonds is 4. The zero-order chi connectivity index (χ0) is 13.9. The number of halogens is 3. The van der Waals surface area contributed by atoms with Gasteiger partial charge in [0.1, 0.15) is 0 Å². The largest absolute Gasteiger partial charge is 0.415 e. The van der Waals surface area contributed by atoms with Gasteiger partial charge in [0.25, 0.3) is 0 Å². The molecule has 0 aliphatic carbocycles. The first-order valence-electron chi connectivity index (χ1n) is 5.23. The highest BCUT2D eigenvalue weighted by atomic mass is 19.4. The van der Waals surface area contributed by atoms with Crippen molar-refractivity contribution in [1.29, 1.82) is 0 Å². The molecule has 0 aromatic heterocycles. The summed E-state index contributed by atoms with van der Waals surface area (Å²) < 4.78 is 35.9. The molecule has 0 bridgehead atoms. The zero-order valence-corrected chi connectivity index (χ0v) is 10.4. The third-order valence-electron chi connectivity index (χ3n) is 1.89. The number of aliphatic hydroxyl groups is 1. The van der Waals surface area contributed by atoms with Crippen LogP contribution in [-0.2, 0) is 4.79 Å². The Balaban J connectivity index is 4.11. The first kappa shape index (κ1) is 16.2. The second kappa shape index (κ2) is 5.68. The highest BCUT2D eigenvalue weighted by Crippen LogP contribution is 2.19. The van der Waals surface area contributed by atoms with Crippen LogP contribution in [-0.4, -0.2) is 41.4 Å². The molecule has 0 aliphatic heterocycles. The molecule has 2 unspecified atom stereocenters.